The number of Topliss-reactive ketones (excluding diaryl/α,β-unsaturated/α-hetero) is 1. The molecule has 0 saturated carbocycles. The number of nitriles is 1. The minimum absolute atomic E-state index is 0.0560. The largest absolute Gasteiger partial charge is 0.489 e. The standard InChI is InChI=1S/C24H26N6O2/c1-3-4-5-19-13-32-22-9-8-17(10-20(22)30(19)15-27-14-25)21(31)12-29-11-18-7-6-16(2)28-23(18)24(29)26/h6-10,15,19,26H,3-5,11-13H2,1-2H3. The number of aliphatic imine (C=N–C) groups is 1. The summed E-state index contributed by atoms with van der Waals surface area (Å²) >= 11 is 0. The van der Waals surface area contributed by atoms with Crippen molar-refractivity contribution < 1.29 is 9.53 Å². The molecular formula is C24H26N6O2. The molecule has 4 rings (SSSR count). The lowest BCUT2D eigenvalue weighted by atomic mass is 10.0. The molecule has 8 heteroatoms. The number of unbranched alkanes of at least 4 members (excludes halogenated alkanes) is 1. The maximum absolute atomic E-state index is 13.1. The molecule has 0 radical (unpaired) electrons. The van der Waals surface area contributed by atoms with Gasteiger partial charge in [0, 0.05) is 23.4 Å². The molecule has 164 valence electrons. The SMILES string of the molecule is CCCCC1COc2ccc(C(=O)CN3Cc4ccc(C)nc4C3=N)cc2N1C=NC#N. The number of hydrogen-bond acceptors (Lipinski definition) is 6. The van der Waals surface area contributed by atoms with Gasteiger partial charge in [-0.25, -0.2) is 4.98 Å². The summed E-state index contributed by atoms with van der Waals surface area (Å²) < 4.78 is 5.93. The number of anilines is 1. The first-order valence-electron chi connectivity index (χ1n) is 10.8. The summed E-state index contributed by atoms with van der Waals surface area (Å²) in [7, 11) is 0. The van der Waals surface area contributed by atoms with Crippen LogP contribution in [0.25, 0.3) is 0 Å². The maximum atomic E-state index is 13.1. The summed E-state index contributed by atoms with van der Waals surface area (Å²) in [5, 5.41) is 17.4. The van der Waals surface area contributed by atoms with Crippen molar-refractivity contribution in [3.63, 3.8) is 0 Å². The number of aryl methyl sites for hydroxylation is 1. The van der Waals surface area contributed by atoms with E-state index >= 15 is 0 Å². The van der Waals surface area contributed by atoms with Crippen LogP contribution in [0.1, 0.15) is 53.5 Å². The Morgan fingerprint density at radius 2 is 2.25 bits per heavy atom. The molecule has 8 nitrogen and oxygen atoms in total. The number of aromatic nitrogens is 1. The number of rotatable bonds is 7. The van der Waals surface area contributed by atoms with Crippen LogP contribution in [0.15, 0.2) is 35.3 Å². The number of ketones is 1. The highest BCUT2D eigenvalue weighted by Crippen LogP contribution is 2.35. The maximum Gasteiger partial charge on any atom is 0.207 e. The van der Waals surface area contributed by atoms with Crippen molar-refractivity contribution in [1.29, 1.82) is 10.7 Å². The Morgan fingerprint density at radius 1 is 1.41 bits per heavy atom. The van der Waals surface area contributed by atoms with Crippen LogP contribution in [-0.2, 0) is 6.54 Å². The lowest BCUT2D eigenvalue weighted by Gasteiger charge is -2.35. The van der Waals surface area contributed by atoms with Gasteiger partial charge in [0.25, 0.3) is 0 Å². The first-order valence-corrected chi connectivity index (χ1v) is 10.8. The number of pyridine rings is 1. The fourth-order valence-corrected chi connectivity index (χ4v) is 4.14. The quantitative estimate of drug-likeness (QED) is 0.311. The van der Waals surface area contributed by atoms with Gasteiger partial charge in [-0.3, -0.25) is 10.2 Å². The van der Waals surface area contributed by atoms with Gasteiger partial charge in [-0.2, -0.15) is 10.3 Å². The average Bonchev–Trinajstić information content (AvgIpc) is 3.10. The van der Waals surface area contributed by atoms with Gasteiger partial charge < -0.3 is 14.5 Å². The van der Waals surface area contributed by atoms with Gasteiger partial charge in [-0.1, -0.05) is 25.8 Å². The summed E-state index contributed by atoms with van der Waals surface area (Å²) in [6, 6.07) is 9.29. The Morgan fingerprint density at radius 3 is 3.03 bits per heavy atom. The molecule has 32 heavy (non-hydrogen) atoms. The van der Waals surface area contributed by atoms with Gasteiger partial charge in [0.2, 0.25) is 6.19 Å². The van der Waals surface area contributed by atoms with E-state index in [1.165, 1.54) is 6.34 Å². The van der Waals surface area contributed by atoms with Crippen LogP contribution < -0.4 is 9.64 Å². The number of hydrogen-bond donors (Lipinski definition) is 1. The zero-order chi connectivity index (χ0) is 22.7. The fourth-order valence-electron chi connectivity index (χ4n) is 4.14. The van der Waals surface area contributed by atoms with E-state index < -0.39 is 0 Å². The second kappa shape index (κ2) is 9.18. The Kier molecular flexibility index (Phi) is 6.17. The van der Waals surface area contributed by atoms with E-state index in [0.717, 1.165) is 36.2 Å². The summed E-state index contributed by atoms with van der Waals surface area (Å²) in [5.41, 5.74) is 3.73. The van der Waals surface area contributed by atoms with Crippen LogP contribution in [0.2, 0.25) is 0 Å². The second-order valence-corrected chi connectivity index (χ2v) is 8.13. The van der Waals surface area contributed by atoms with E-state index in [0.29, 0.717) is 30.2 Å². The van der Waals surface area contributed by atoms with E-state index in [4.69, 9.17) is 15.4 Å². The number of amidine groups is 1. The van der Waals surface area contributed by atoms with E-state index in [-0.39, 0.29) is 24.2 Å². The number of carbonyl (C=O) groups is 1. The van der Waals surface area contributed by atoms with Crippen molar-refractivity contribution in [3.05, 3.63) is 52.8 Å². The number of ether oxygens (including phenoxy) is 1. The molecule has 0 saturated heterocycles. The van der Waals surface area contributed by atoms with Gasteiger partial charge in [-0.15, -0.1) is 0 Å². The third-order valence-electron chi connectivity index (χ3n) is 5.87. The van der Waals surface area contributed by atoms with Crippen LogP contribution in [0, 0.1) is 23.8 Å². The van der Waals surface area contributed by atoms with E-state index in [1.54, 1.807) is 23.1 Å². The van der Waals surface area contributed by atoms with Gasteiger partial charge in [0.05, 0.1) is 18.3 Å². The first-order chi connectivity index (χ1) is 15.5. The van der Waals surface area contributed by atoms with Crippen LogP contribution in [0.3, 0.4) is 0 Å². The Balaban J connectivity index is 1.55. The van der Waals surface area contributed by atoms with Crippen LogP contribution in [0.4, 0.5) is 5.69 Å². The molecule has 0 bridgehead atoms. The second-order valence-electron chi connectivity index (χ2n) is 8.13. The van der Waals surface area contributed by atoms with E-state index in [9.17, 15) is 4.79 Å². The predicted octanol–water partition coefficient (Wildman–Crippen LogP) is 3.68. The molecule has 3 heterocycles. The lowest BCUT2D eigenvalue weighted by molar-refractivity contribution is 0.0962. The third-order valence-corrected chi connectivity index (χ3v) is 5.87. The normalized spacial score (nSPS) is 17.2. The molecule has 0 amide bonds. The van der Waals surface area contributed by atoms with E-state index in [1.807, 2.05) is 30.1 Å². The predicted molar refractivity (Wildman–Crippen MR) is 122 cm³/mol. The number of nitrogens with one attached hydrogen (secondary N) is 1. The minimum atomic E-state index is -0.0880. The molecule has 1 aromatic heterocycles. The Hall–Kier alpha value is -3.73. The number of carbonyl (C=O) groups excluding carboxylic acids is 1. The highest BCUT2D eigenvalue weighted by molar-refractivity contribution is 6.05. The van der Waals surface area contributed by atoms with Crippen molar-refractivity contribution in [3.8, 4) is 11.9 Å². The topological polar surface area (TPSA) is 106 Å². The van der Waals surface area contributed by atoms with E-state index in [2.05, 4.69) is 16.9 Å². The van der Waals surface area contributed by atoms with Gasteiger partial charge in [0.1, 0.15) is 30.2 Å². The molecule has 1 unspecified atom stereocenters. The zero-order valence-electron chi connectivity index (χ0n) is 18.3. The molecule has 2 aliphatic rings. The van der Waals surface area contributed by atoms with Gasteiger partial charge in [-0.05, 0) is 37.6 Å². The molecule has 1 atom stereocenters. The molecule has 0 aliphatic carbocycles. The molecule has 0 fully saturated rings. The smallest absolute Gasteiger partial charge is 0.207 e. The molecule has 2 aromatic rings. The van der Waals surface area contributed by atoms with Gasteiger partial charge >= 0.3 is 0 Å². The fraction of sp³-hybridized carbons (Fsp3) is 0.375. The number of fused-ring (bicyclic) bond motifs is 2. The number of benzene rings is 1. The van der Waals surface area contributed by atoms with Crippen molar-refractivity contribution in [2.24, 2.45) is 4.99 Å². The zero-order valence-corrected chi connectivity index (χ0v) is 18.3. The highest BCUT2D eigenvalue weighted by atomic mass is 16.5. The molecule has 1 N–H and O–H groups in total. The Labute approximate surface area is 187 Å². The van der Waals surface area contributed by atoms with Crippen LogP contribution in [-0.4, -0.2) is 47.0 Å². The minimum Gasteiger partial charge on any atom is -0.489 e. The lowest BCUT2D eigenvalue weighted by Crippen LogP contribution is -2.42. The summed E-state index contributed by atoms with van der Waals surface area (Å²) in [5.74, 6) is 0.857. The Bertz CT molecular complexity index is 1120. The third kappa shape index (κ3) is 4.19. The highest BCUT2D eigenvalue weighted by Gasteiger charge is 2.30. The first kappa shape index (κ1) is 21.5. The molecule has 1 aromatic carbocycles. The van der Waals surface area contributed by atoms with Crippen molar-refractivity contribution >= 4 is 23.6 Å². The van der Waals surface area contributed by atoms with Gasteiger partial charge in [0.15, 0.2) is 5.78 Å². The summed E-state index contributed by atoms with van der Waals surface area (Å²) in [6.07, 6.45) is 6.33. The average molecular weight is 431 g/mol. The van der Waals surface area contributed by atoms with Crippen molar-refractivity contribution in [2.45, 2.75) is 45.7 Å². The molecule has 2 aliphatic heterocycles. The van der Waals surface area contributed by atoms with Crippen molar-refractivity contribution in [2.75, 3.05) is 18.1 Å². The monoisotopic (exact) mass is 430 g/mol. The number of nitrogens with zero attached hydrogens (tertiary/aromatic N) is 5. The van der Waals surface area contributed by atoms with Crippen LogP contribution >= 0.6 is 0 Å². The van der Waals surface area contributed by atoms with Crippen molar-refractivity contribution in [1.82, 2.24) is 9.88 Å². The summed E-state index contributed by atoms with van der Waals surface area (Å²) in [6.45, 7) is 5.13. The summed E-state index contributed by atoms with van der Waals surface area (Å²) in [4.78, 5) is 25.0. The molecule has 0 spiro atoms. The molecular weight excluding hydrogens is 404 g/mol. The van der Waals surface area contributed by atoms with Crippen LogP contribution in [0.5, 0.6) is 5.75 Å².